The van der Waals surface area contributed by atoms with E-state index >= 15 is 0 Å². The monoisotopic (exact) mass is 164 g/mol. The molecule has 0 aliphatic heterocycles. The second-order valence-electron chi connectivity index (χ2n) is 1.09. The smallest absolute Gasteiger partial charge is 0.313 e. The maximum atomic E-state index is 11.8. The standard InChI is InChI=1S/C3H4Cl2F2O/c1-8-2(6)3(4,5)7/h2H,1H3. The van der Waals surface area contributed by atoms with Gasteiger partial charge in [-0.15, -0.1) is 0 Å². The normalized spacial score (nSPS) is 16.1. The van der Waals surface area contributed by atoms with Crippen molar-refractivity contribution in [2.75, 3.05) is 7.11 Å². The summed E-state index contributed by atoms with van der Waals surface area (Å²) < 4.78 is 24.5. The van der Waals surface area contributed by atoms with Crippen LogP contribution >= 0.6 is 23.2 Å². The number of hydrogen-bond acceptors (Lipinski definition) is 1. The molecule has 0 aromatic carbocycles. The molecule has 1 nitrogen and oxygen atoms in total. The lowest BCUT2D eigenvalue weighted by atomic mass is 10.7. The third kappa shape index (κ3) is 2.64. The number of methoxy groups -OCH3 is 1. The lowest BCUT2D eigenvalue weighted by Crippen LogP contribution is -2.23. The average Bonchev–Trinajstić information content (AvgIpc) is 1.62. The molecule has 0 N–H and O–H groups in total. The molecule has 0 rings (SSSR count). The van der Waals surface area contributed by atoms with Gasteiger partial charge in [-0.05, 0) is 0 Å². The first-order valence-electron chi connectivity index (χ1n) is 1.72. The molecule has 0 aromatic rings. The van der Waals surface area contributed by atoms with Crippen LogP contribution in [0.1, 0.15) is 0 Å². The molecule has 0 amide bonds. The molecule has 1 unspecified atom stereocenters. The molecule has 8 heavy (non-hydrogen) atoms. The molecule has 0 fully saturated rings. The van der Waals surface area contributed by atoms with E-state index in [9.17, 15) is 8.78 Å². The molecule has 0 radical (unpaired) electrons. The highest BCUT2D eigenvalue weighted by Crippen LogP contribution is 2.29. The van der Waals surface area contributed by atoms with Crippen molar-refractivity contribution in [1.29, 1.82) is 0 Å². The molecule has 0 heterocycles. The van der Waals surface area contributed by atoms with E-state index in [-0.39, 0.29) is 0 Å². The molecular weight excluding hydrogens is 161 g/mol. The largest absolute Gasteiger partial charge is 0.347 e. The third-order valence-corrected chi connectivity index (χ3v) is 0.807. The van der Waals surface area contributed by atoms with Gasteiger partial charge >= 0.3 is 4.59 Å². The molecule has 1 atom stereocenters. The topological polar surface area (TPSA) is 9.23 Å². The Labute approximate surface area is 55.5 Å². The number of hydrogen-bond donors (Lipinski definition) is 0. The number of halogens is 4. The van der Waals surface area contributed by atoms with Gasteiger partial charge < -0.3 is 4.74 Å². The van der Waals surface area contributed by atoms with E-state index in [2.05, 4.69) is 27.9 Å². The minimum absolute atomic E-state index is 0.962. The number of alkyl halides is 4. The summed E-state index contributed by atoms with van der Waals surface area (Å²) in [6.45, 7) is 0. The zero-order chi connectivity index (χ0) is 6.78. The van der Waals surface area contributed by atoms with Crippen LogP contribution in [0.3, 0.4) is 0 Å². The molecule has 0 aliphatic rings. The van der Waals surface area contributed by atoms with E-state index in [0.29, 0.717) is 0 Å². The van der Waals surface area contributed by atoms with Gasteiger partial charge in [-0.1, -0.05) is 23.2 Å². The van der Waals surface area contributed by atoms with E-state index < -0.39 is 10.9 Å². The van der Waals surface area contributed by atoms with Crippen LogP contribution in [0.25, 0.3) is 0 Å². The molecule has 0 bridgehead atoms. The summed E-state index contributed by atoms with van der Waals surface area (Å²) in [6.07, 6.45) is -2.29. The van der Waals surface area contributed by atoms with Crippen molar-refractivity contribution in [3.05, 3.63) is 0 Å². The highest BCUT2D eigenvalue weighted by molar-refractivity contribution is 6.47. The van der Waals surface area contributed by atoms with E-state index in [1.165, 1.54) is 0 Å². The van der Waals surface area contributed by atoms with Gasteiger partial charge in [-0.2, -0.15) is 0 Å². The summed E-state index contributed by atoms with van der Waals surface area (Å²) in [4.78, 5) is 0. The quantitative estimate of drug-likeness (QED) is 0.568. The fourth-order valence-corrected chi connectivity index (χ4v) is 0.312. The molecule has 0 saturated carbocycles. The average molecular weight is 165 g/mol. The summed E-state index contributed by atoms with van der Waals surface area (Å²) >= 11 is 9.17. The van der Waals surface area contributed by atoms with Gasteiger partial charge in [-0.3, -0.25) is 0 Å². The molecule has 0 aromatic heterocycles. The van der Waals surface area contributed by atoms with Gasteiger partial charge in [0.2, 0.25) is 0 Å². The lowest BCUT2D eigenvalue weighted by molar-refractivity contribution is -0.0494. The summed E-state index contributed by atoms with van der Waals surface area (Å²) in [6, 6.07) is 0. The Morgan fingerprint density at radius 3 is 2.00 bits per heavy atom. The van der Waals surface area contributed by atoms with Crippen molar-refractivity contribution in [3.8, 4) is 0 Å². The summed E-state index contributed by atoms with van der Waals surface area (Å²) in [5.41, 5.74) is 0. The Morgan fingerprint density at radius 2 is 2.00 bits per heavy atom. The highest BCUT2D eigenvalue weighted by atomic mass is 35.5. The minimum Gasteiger partial charge on any atom is -0.347 e. The molecule has 50 valence electrons. The van der Waals surface area contributed by atoms with Gasteiger partial charge in [0.25, 0.3) is 6.36 Å². The van der Waals surface area contributed by atoms with Crippen LogP contribution in [0.4, 0.5) is 8.78 Å². The van der Waals surface area contributed by atoms with Crippen molar-refractivity contribution in [1.82, 2.24) is 0 Å². The predicted molar refractivity (Wildman–Crippen MR) is 27.4 cm³/mol. The van der Waals surface area contributed by atoms with Crippen LogP contribution in [-0.2, 0) is 4.74 Å². The SMILES string of the molecule is COC(F)C(F)(Cl)Cl. The van der Waals surface area contributed by atoms with Crippen LogP contribution < -0.4 is 0 Å². The van der Waals surface area contributed by atoms with Crippen LogP contribution in [0.15, 0.2) is 0 Å². The van der Waals surface area contributed by atoms with E-state index in [4.69, 9.17) is 0 Å². The van der Waals surface area contributed by atoms with E-state index in [1.54, 1.807) is 0 Å². The molecular formula is C3H4Cl2F2O. The van der Waals surface area contributed by atoms with Gasteiger partial charge in [0.05, 0.1) is 0 Å². The Hall–Kier alpha value is 0.400. The summed E-state index contributed by atoms with van der Waals surface area (Å²) in [5.74, 6) is 0. The third-order valence-electron chi connectivity index (χ3n) is 0.464. The van der Waals surface area contributed by atoms with Gasteiger partial charge in [-0.25, -0.2) is 8.78 Å². The first-order valence-corrected chi connectivity index (χ1v) is 2.47. The highest BCUT2D eigenvalue weighted by Gasteiger charge is 2.34. The van der Waals surface area contributed by atoms with Crippen LogP contribution in [0.2, 0.25) is 0 Å². The first kappa shape index (κ1) is 8.40. The molecule has 0 spiro atoms. The van der Waals surface area contributed by atoms with E-state index in [0.717, 1.165) is 7.11 Å². The van der Waals surface area contributed by atoms with Gasteiger partial charge in [0.15, 0.2) is 0 Å². The Morgan fingerprint density at radius 1 is 1.62 bits per heavy atom. The zero-order valence-corrected chi connectivity index (χ0v) is 5.51. The second kappa shape index (κ2) is 2.80. The van der Waals surface area contributed by atoms with Crippen molar-refractivity contribution in [2.45, 2.75) is 10.9 Å². The fourth-order valence-electron chi connectivity index (χ4n) is 0.134. The maximum absolute atomic E-state index is 11.8. The molecule has 0 saturated heterocycles. The Balaban J connectivity index is 3.62. The van der Waals surface area contributed by atoms with Crippen molar-refractivity contribution >= 4 is 23.2 Å². The van der Waals surface area contributed by atoms with Crippen molar-refractivity contribution in [3.63, 3.8) is 0 Å². The maximum Gasteiger partial charge on any atom is 0.313 e. The Bertz CT molecular complexity index is 72.2. The Kier molecular flexibility index (Phi) is 2.94. The van der Waals surface area contributed by atoms with Crippen LogP contribution in [-0.4, -0.2) is 18.1 Å². The molecule has 5 heteroatoms. The molecule has 0 aliphatic carbocycles. The zero-order valence-electron chi connectivity index (χ0n) is 4.00. The summed E-state index contributed by atoms with van der Waals surface area (Å²) in [5, 5.41) is 0. The second-order valence-corrected chi connectivity index (χ2v) is 2.39. The number of rotatable bonds is 2. The van der Waals surface area contributed by atoms with E-state index in [1.807, 2.05) is 0 Å². The fraction of sp³-hybridized carbons (Fsp3) is 1.00. The van der Waals surface area contributed by atoms with Gasteiger partial charge in [0.1, 0.15) is 0 Å². The lowest BCUT2D eigenvalue weighted by Gasteiger charge is -2.11. The minimum atomic E-state index is -2.94. The van der Waals surface area contributed by atoms with Crippen LogP contribution in [0, 0.1) is 0 Å². The van der Waals surface area contributed by atoms with Crippen molar-refractivity contribution in [2.24, 2.45) is 0 Å². The van der Waals surface area contributed by atoms with Crippen LogP contribution in [0.5, 0.6) is 0 Å². The van der Waals surface area contributed by atoms with Crippen molar-refractivity contribution < 1.29 is 13.5 Å². The summed E-state index contributed by atoms with van der Waals surface area (Å²) in [7, 11) is 0.962. The predicted octanol–water partition coefficient (Wildman–Crippen LogP) is 2.03. The number of ether oxygens (including phenoxy) is 1. The first-order chi connectivity index (χ1) is 3.48. The van der Waals surface area contributed by atoms with Gasteiger partial charge in [0, 0.05) is 7.11 Å².